The Hall–Kier alpha value is -4.02. The minimum Gasteiger partial charge on any atom is -0.507 e. The minimum absolute atomic E-state index is 0.0190. The van der Waals surface area contributed by atoms with E-state index in [1.165, 1.54) is 12.1 Å². The third-order valence-electron chi connectivity index (χ3n) is 6.39. The number of aromatic carboxylic acids is 1. The lowest BCUT2D eigenvalue weighted by molar-refractivity contribution is 0.0698. The molecule has 13 nitrogen and oxygen atoms in total. The molecule has 1 heterocycles. The van der Waals surface area contributed by atoms with Crippen molar-refractivity contribution in [3.05, 3.63) is 77.9 Å². The number of carboxylic acids is 1. The predicted molar refractivity (Wildman–Crippen MR) is 169 cm³/mol. The van der Waals surface area contributed by atoms with Crippen LogP contribution in [-0.2, 0) is 20.2 Å². The van der Waals surface area contributed by atoms with Gasteiger partial charge in [-0.1, -0.05) is 36.4 Å². The number of hydrogen-bond donors (Lipinski definition) is 5. The summed E-state index contributed by atoms with van der Waals surface area (Å²) in [6.45, 7) is 1.72. The van der Waals surface area contributed by atoms with Crippen molar-refractivity contribution in [2.24, 2.45) is 0 Å². The first kappa shape index (κ1) is 36.2. The SMILES string of the molecule is CN(C)C1CCN(c2ccc(O)c(C(=O)Nc3cc(-c4ccccc4)ccc3C(=O)O)c2)CC1.CS(=O)(=O)O.CS(=O)(=O)O. The van der Waals surface area contributed by atoms with Gasteiger partial charge in [-0.3, -0.25) is 13.9 Å². The topological polar surface area (TPSA) is 202 Å². The minimum atomic E-state index is -3.67. The van der Waals surface area contributed by atoms with E-state index in [1.807, 2.05) is 30.3 Å². The summed E-state index contributed by atoms with van der Waals surface area (Å²) in [6, 6.07) is 19.9. The van der Waals surface area contributed by atoms with Crippen LogP contribution in [0.4, 0.5) is 11.4 Å². The summed E-state index contributed by atoms with van der Waals surface area (Å²) in [5.41, 5.74) is 2.80. The Bertz CT molecular complexity index is 1610. The van der Waals surface area contributed by atoms with E-state index in [0.717, 1.165) is 42.7 Å². The number of aromatic hydroxyl groups is 1. The zero-order valence-corrected chi connectivity index (χ0v) is 26.3. The molecule has 1 fully saturated rings. The zero-order valence-electron chi connectivity index (χ0n) is 24.7. The van der Waals surface area contributed by atoms with E-state index in [4.69, 9.17) is 9.11 Å². The van der Waals surface area contributed by atoms with Crippen LogP contribution in [0.25, 0.3) is 11.1 Å². The number of amides is 1. The molecule has 240 valence electrons. The van der Waals surface area contributed by atoms with E-state index in [2.05, 4.69) is 29.2 Å². The lowest BCUT2D eigenvalue weighted by Gasteiger charge is -2.36. The molecular weight excluding hydrogens is 614 g/mol. The van der Waals surface area contributed by atoms with E-state index in [0.29, 0.717) is 18.6 Å². The largest absolute Gasteiger partial charge is 0.507 e. The number of piperidine rings is 1. The quantitative estimate of drug-likeness (QED) is 0.243. The fourth-order valence-corrected chi connectivity index (χ4v) is 4.38. The van der Waals surface area contributed by atoms with E-state index >= 15 is 0 Å². The van der Waals surface area contributed by atoms with Crippen molar-refractivity contribution in [1.82, 2.24) is 4.90 Å². The molecule has 0 saturated carbocycles. The average Bonchev–Trinajstić information content (AvgIpc) is 2.92. The Morgan fingerprint density at radius 1 is 0.818 bits per heavy atom. The molecule has 44 heavy (non-hydrogen) atoms. The third kappa shape index (κ3) is 12.7. The number of phenols is 1. The summed E-state index contributed by atoms with van der Waals surface area (Å²) in [7, 11) is -3.16. The lowest BCUT2D eigenvalue weighted by atomic mass is 10.0. The molecule has 0 aliphatic carbocycles. The molecule has 0 radical (unpaired) electrons. The smallest absolute Gasteiger partial charge is 0.337 e. The van der Waals surface area contributed by atoms with Crippen molar-refractivity contribution in [1.29, 1.82) is 0 Å². The van der Waals surface area contributed by atoms with Crippen molar-refractivity contribution >= 4 is 43.5 Å². The van der Waals surface area contributed by atoms with Gasteiger partial charge in [0.15, 0.2) is 0 Å². The van der Waals surface area contributed by atoms with Gasteiger partial charge < -0.3 is 25.3 Å². The molecule has 0 spiro atoms. The van der Waals surface area contributed by atoms with Crippen LogP contribution in [0.3, 0.4) is 0 Å². The summed E-state index contributed by atoms with van der Waals surface area (Å²) in [5.74, 6) is -1.85. The van der Waals surface area contributed by atoms with Crippen molar-refractivity contribution in [2.75, 3.05) is 49.9 Å². The van der Waals surface area contributed by atoms with E-state index < -0.39 is 32.1 Å². The summed E-state index contributed by atoms with van der Waals surface area (Å²) >= 11 is 0. The van der Waals surface area contributed by atoms with E-state index in [9.17, 15) is 36.6 Å². The first-order valence-corrected chi connectivity index (χ1v) is 16.9. The molecule has 3 aromatic rings. The number of carbonyl (C=O) groups excluding carboxylic acids is 1. The number of nitrogens with one attached hydrogen (secondary N) is 1. The fourth-order valence-electron chi connectivity index (χ4n) is 4.38. The number of carboxylic acid groups (broad SMARTS) is 1. The first-order chi connectivity index (χ1) is 20.3. The van der Waals surface area contributed by atoms with Gasteiger partial charge in [-0.05, 0) is 68.4 Å². The number of hydrogen-bond acceptors (Lipinski definition) is 9. The van der Waals surface area contributed by atoms with Crippen LogP contribution >= 0.6 is 0 Å². The van der Waals surface area contributed by atoms with Crippen LogP contribution in [0, 0.1) is 0 Å². The molecular formula is C29H37N3O10S2. The number of carbonyl (C=O) groups is 2. The molecule has 0 bridgehead atoms. The summed E-state index contributed by atoms with van der Waals surface area (Å²) < 4.78 is 51.7. The van der Waals surface area contributed by atoms with E-state index in [-0.39, 0.29) is 22.6 Å². The number of anilines is 2. The van der Waals surface area contributed by atoms with Gasteiger partial charge in [-0.2, -0.15) is 16.8 Å². The third-order valence-corrected chi connectivity index (χ3v) is 6.39. The maximum absolute atomic E-state index is 13.1. The highest BCUT2D eigenvalue weighted by atomic mass is 32.2. The molecule has 0 unspecified atom stereocenters. The Morgan fingerprint density at radius 3 is 1.86 bits per heavy atom. The molecule has 15 heteroatoms. The second-order valence-corrected chi connectivity index (χ2v) is 13.2. The highest BCUT2D eigenvalue weighted by Gasteiger charge is 2.23. The predicted octanol–water partition coefficient (Wildman–Crippen LogP) is 3.55. The van der Waals surface area contributed by atoms with Crippen molar-refractivity contribution in [3.8, 4) is 16.9 Å². The Morgan fingerprint density at radius 2 is 1.36 bits per heavy atom. The van der Waals surface area contributed by atoms with Gasteiger partial charge in [-0.15, -0.1) is 0 Å². The van der Waals surface area contributed by atoms with Crippen molar-refractivity contribution in [3.63, 3.8) is 0 Å². The molecule has 1 aliphatic heterocycles. The fraction of sp³-hybridized carbons (Fsp3) is 0.310. The molecule has 3 aromatic carbocycles. The van der Waals surface area contributed by atoms with Gasteiger partial charge in [0.05, 0.1) is 29.3 Å². The zero-order chi connectivity index (χ0) is 33.2. The van der Waals surface area contributed by atoms with Crippen LogP contribution in [-0.4, -0.2) is 98.7 Å². The van der Waals surface area contributed by atoms with Gasteiger partial charge >= 0.3 is 5.97 Å². The average molecular weight is 652 g/mol. The lowest BCUT2D eigenvalue weighted by Crippen LogP contribution is -2.42. The van der Waals surface area contributed by atoms with Gasteiger partial charge in [0.1, 0.15) is 5.75 Å². The van der Waals surface area contributed by atoms with Crippen LogP contribution in [0.1, 0.15) is 33.6 Å². The molecule has 1 aliphatic rings. The second-order valence-electron chi connectivity index (χ2n) is 10.2. The summed E-state index contributed by atoms with van der Waals surface area (Å²) in [4.78, 5) is 29.4. The number of phenolic OH excluding ortho intramolecular Hbond substituents is 1. The monoisotopic (exact) mass is 651 g/mol. The number of nitrogens with zero attached hydrogens (tertiary/aromatic N) is 2. The molecule has 4 rings (SSSR count). The highest BCUT2D eigenvalue weighted by Crippen LogP contribution is 2.30. The first-order valence-electron chi connectivity index (χ1n) is 13.2. The van der Waals surface area contributed by atoms with Gasteiger partial charge in [0, 0.05) is 24.8 Å². The maximum Gasteiger partial charge on any atom is 0.337 e. The van der Waals surface area contributed by atoms with Crippen LogP contribution < -0.4 is 10.2 Å². The van der Waals surface area contributed by atoms with Crippen LogP contribution in [0.5, 0.6) is 5.75 Å². The number of benzene rings is 3. The van der Waals surface area contributed by atoms with Crippen molar-refractivity contribution < 1.29 is 45.7 Å². The van der Waals surface area contributed by atoms with Crippen LogP contribution in [0.15, 0.2) is 66.7 Å². The van der Waals surface area contributed by atoms with E-state index in [1.54, 1.807) is 24.3 Å². The standard InChI is InChI=1S/C27H29N3O4.2CH4O3S/c1-29(2)20-12-14-30(15-13-20)21-9-11-25(31)23(17-21)26(32)28-24-16-19(8-10-22(24)27(33)34)18-6-4-3-5-7-18;2*1-5(2,3)4/h3-11,16-17,20,31H,12-15H2,1-2H3,(H,28,32)(H,33,34);2*1H3,(H,2,3,4). The Kier molecular flexibility index (Phi) is 12.8. The molecule has 0 aromatic heterocycles. The number of rotatable bonds is 6. The van der Waals surface area contributed by atoms with Gasteiger partial charge in [-0.25, -0.2) is 4.79 Å². The summed E-state index contributed by atoms with van der Waals surface area (Å²) in [6.07, 6.45) is 3.47. The molecule has 1 saturated heterocycles. The molecule has 1 amide bonds. The Labute approximate surface area is 257 Å². The van der Waals surface area contributed by atoms with Crippen molar-refractivity contribution in [2.45, 2.75) is 18.9 Å². The van der Waals surface area contributed by atoms with Gasteiger partial charge in [0.25, 0.3) is 26.1 Å². The molecule has 0 atom stereocenters. The van der Waals surface area contributed by atoms with Gasteiger partial charge in [0.2, 0.25) is 0 Å². The molecule has 5 N–H and O–H groups in total. The summed E-state index contributed by atoms with van der Waals surface area (Å²) in [5, 5.41) is 22.7. The normalized spacial score (nSPS) is 13.7. The Balaban J connectivity index is 0.000000586. The second kappa shape index (κ2) is 15.6. The highest BCUT2D eigenvalue weighted by molar-refractivity contribution is 7.85. The van der Waals surface area contributed by atoms with Crippen LogP contribution in [0.2, 0.25) is 0 Å². The maximum atomic E-state index is 13.1.